The fourth-order valence-electron chi connectivity index (χ4n) is 3.54. The first-order valence-electron chi connectivity index (χ1n) is 6.00. The Labute approximate surface area is 91.2 Å². The van der Waals surface area contributed by atoms with Crippen molar-refractivity contribution >= 4 is 5.97 Å². The van der Waals surface area contributed by atoms with Crippen LogP contribution in [0.15, 0.2) is 0 Å². The number of carboxylic acid groups (broad SMARTS) is 1. The third-order valence-electron chi connectivity index (χ3n) is 4.75. The molecule has 3 saturated carbocycles. The van der Waals surface area contributed by atoms with Crippen LogP contribution in [-0.4, -0.2) is 23.7 Å². The lowest BCUT2D eigenvalue weighted by atomic mass is 9.59. The number of nitrogens with one attached hydrogen (secondary N) is 1. The summed E-state index contributed by atoms with van der Waals surface area (Å²) in [5.41, 5.74) is -0.718. The van der Waals surface area contributed by atoms with Crippen LogP contribution in [0.3, 0.4) is 0 Å². The predicted molar refractivity (Wildman–Crippen MR) is 58.7 cm³/mol. The van der Waals surface area contributed by atoms with Crippen molar-refractivity contribution in [1.82, 2.24) is 5.32 Å². The molecule has 0 radical (unpaired) electrons. The molecule has 3 rings (SSSR count). The minimum Gasteiger partial charge on any atom is -0.480 e. The second-order valence-corrected chi connectivity index (χ2v) is 5.38. The average Bonchev–Trinajstić information content (AvgIpc) is 2.29. The predicted octanol–water partition coefficient (Wildman–Crippen LogP) is 1.88. The molecule has 2 N–H and O–H groups in total. The number of likely N-dealkylation sites (N-methyl/N-ethyl adjacent to an activating group) is 1. The Morgan fingerprint density at radius 3 is 2.27 bits per heavy atom. The Morgan fingerprint density at radius 2 is 1.93 bits per heavy atom. The SMILES string of the molecule is CNC(C)(C(=O)O)C1CC2CCC1CC2. The maximum absolute atomic E-state index is 11.4. The number of carboxylic acids is 1. The molecule has 0 aromatic heterocycles. The fourth-order valence-corrected chi connectivity index (χ4v) is 3.54. The fraction of sp³-hybridized carbons (Fsp3) is 0.917. The molecule has 0 heterocycles. The summed E-state index contributed by atoms with van der Waals surface area (Å²) in [5.74, 6) is 1.05. The summed E-state index contributed by atoms with van der Waals surface area (Å²) in [6.07, 6.45) is 6.22. The summed E-state index contributed by atoms with van der Waals surface area (Å²) >= 11 is 0. The zero-order valence-electron chi connectivity index (χ0n) is 9.62. The number of rotatable bonds is 3. The first-order chi connectivity index (χ1) is 7.08. The second-order valence-electron chi connectivity index (χ2n) is 5.38. The van der Waals surface area contributed by atoms with E-state index in [-0.39, 0.29) is 0 Å². The van der Waals surface area contributed by atoms with Gasteiger partial charge in [0.1, 0.15) is 5.54 Å². The summed E-state index contributed by atoms with van der Waals surface area (Å²) in [5, 5.41) is 12.4. The van der Waals surface area contributed by atoms with Crippen molar-refractivity contribution in [3.05, 3.63) is 0 Å². The number of hydrogen-bond donors (Lipinski definition) is 2. The lowest BCUT2D eigenvalue weighted by Gasteiger charge is -2.48. The van der Waals surface area contributed by atoms with Crippen LogP contribution in [-0.2, 0) is 4.79 Å². The molecule has 3 aliphatic carbocycles. The van der Waals surface area contributed by atoms with Gasteiger partial charge in [0, 0.05) is 0 Å². The van der Waals surface area contributed by atoms with Crippen molar-refractivity contribution < 1.29 is 9.90 Å². The van der Waals surface area contributed by atoms with Crippen LogP contribution in [0.25, 0.3) is 0 Å². The van der Waals surface area contributed by atoms with Crippen LogP contribution in [0.2, 0.25) is 0 Å². The van der Waals surface area contributed by atoms with Crippen molar-refractivity contribution in [3.8, 4) is 0 Å². The van der Waals surface area contributed by atoms with E-state index in [0.717, 1.165) is 12.3 Å². The van der Waals surface area contributed by atoms with Gasteiger partial charge in [0.25, 0.3) is 0 Å². The summed E-state index contributed by atoms with van der Waals surface area (Å²) in [6.45, 7) is 1.85. The van der Waals surface area contributed by atoms with E-state index < -0.39 is 11.5 Å². The van der Waals surface area contributed by atoms with Crippen molar-refractivity contribution in [3.63, 3.8) is 0 Å². The molecule has 3 aliphatic rings. The summed E-state index contributed by atoms with van der Waals surface area (Å²) in [7, 11) is 1.77. The van der Waals surface area contributed by atoms with Gasteiger partial charge in [-0.25, -0.2) is 0 Å². The first kappa shape index (κ1) is 10.9. The van der Waals surface area contributed by atoms with Crippen molar-refractivity contribution in [2.75, 3.05) is 7.05 Å². The maximum atomic E-state index is 11.4. The molecule has 0 aliphatic heterocycles. The van der Waals surface area contributed by atoms with E-state index in [1.807, 2.05) is 6.92 Å². The number of fused-ring (bicyclic) bond motifs is 3. The van der Waals surface area contributed by atoms with Gasteiger partial charge in [-0.15, -0.1) is 0 Å². The van der Waals surface area contributed by atoms with Crippen molar-refractivity contribution in [2.24, 2.45) is 17.8 Å². The third-order valence-corrected chi connectivity index (χ3v) is 4.75. The van der Waals surface area contributed by atoms with E-state index in [1.165, 1.54) is 25.7 Å². The highest BCUT2D eigenvalue weighted by Crippen LogP contribution is 2.48. The second kappa shape index (κ2) is 3.78. The van der Waals surface area contributed by atoms with Crippen LogP contribution in [0.4, 0.5) is 0 Å². The van der Waals surface area contributed by atoms with Gasteiger partial charge in [-0.2, -0.15) is 0 Å². The van der Waals surface area contributed by atoms with Gasteiger partial charge in [-0.1, -0.05) is 12.8 Å². The molecule has 86 valence electrons. The van der Waals surface area contributed by atoms with Crippen LogP contribution in [0.5, 0.6) is 0 Å². The largest absolute Gasteiger partial charge is 0.480 e. The number of carbonyl (C=O) groups is 1. The van der Waals surface area contributed by atoms with Crippen LogP contribution in [0.1, 0.15) is 39.0 Å². The minimum absolute atomic E-state index is 0.326. The van der Waals surface area contributed by atoms with E-state index in [9.17, 15) is 9.90 Å². The highest BCUT2D eigenvalue weighted by Gasteiger charge is 2.48. The molecule has 3 fully saturated rings. The van der Waals surface area contributed by atoms with Gasteiger partial charge in [-0.3, -0.25) is 4.79 Å². The smallest absolute Gasteiger partial charge is 0.323 e. The van der Waals surface area contributed by atoms with Gasteiger partial charge in [0.15, 0.2) is 0 Å². The molecule has 0 amide bonds. The summed E-state index contributed by atoms with van der Waals surface area (Å²) in [4.78, 5) is 11.4. The van der Waals surface area contributed by atoms with E-state index in [1.54, 1.807) is 7.05 Å². The normalized spacial score (nSPS) is 38.7. The quantitative estimate of drug-likeness (QED) is 0.749. The van der Waals surface area contributed by atoms with Gasteiger partial charge in [0.05, 0.1) is 0 Å². The zero-order valence-corrected chi connectivity index (χ0v) is 9.62. The highest BCUT2D eigenvalue weighted by atomic mass is 16.4. The van der Waals surface area contributed by atoms with E-state index in [4.69, 9.17) is 0 Å². The highest BCUT2D eigenvalue weighted by molar-refractivity contribution is 5.78. The molecule has 2 unspecified atom stereocenters. The summed E-state index contributed by atoms with van der Waals surface area (Å²) < 4.78 is 0. The molecule has 15 heavy (non-hydrogen) atoms. The van der Waals surface area contributed by atoms with Crippen LogP contribution in [0, 0.1) is 17.8 Å². The van der Waals surface area contributed by atoms with Crippen molar-refractivity contribution in [2.45, 2.75) is 44.6 Å². The molecule has 0 aromatic carbocycles. The lowest BCUT2D eigenvalue weighted by Crippen LogP contribution is -2.58. The van der Waals surface area contributed by atoms with Gasteiger partial charge >= 0.3 is 5.97 Å². The standard InChI is InChI=1S/C12H21NO2/c1-12(13-2,11(14)15)10-7-8-3-5-9(10)6-4-8/h8-10,13H,3-7H2,1-2H3,(H,14,15). The van der Waals surface area contributed by atoms with Crippen LogP contribution >= 0.6 is 0 Å². The molecule has 0 spiro atoms. The third kappa shape index (κ3) is 1.67. The van der Waals surface area contributed by atoms with E-state index in [2.05, 4.69) is 5.32 Å². The lowest BCUT2D eigenvalue weighted by molar-refractivity contribution is -0.149. The molecule has 0 saturated heterocycles. The molecule has 3 heteroatoms. The number of aliphatic carboxylic acids is 1. The Hall–Kier alpha value is -0.570. The minimum atomic E-state index is -0.718. The van der Waals surface area contributed by atoms with Crippen LogP contribution < -0.4 is 5.32 Å². The average molecular weight is 211 g/mol. The molecular formula is C12H21NO2. The molecule has 0 aromatic rings. The maximum Gasteiger partial charge on any atom is 0.323 e. The Bertz CT molecular complexity index is 258. The van der Waals surface area contributed by atoms with E-state index in [0.29, 0.717) is 11.8 Å². The summed E-state index contributed by atoms with van der Waals surface area (Å²) in [6, 6.07) is 0. The molecule has 2 bridgehead atoms. The van der Waals surface area contributed by atoms with Gasteiger partial charge in [-0.05, 0) is 51.0 Å². The Morgan fingerprint density at radius 1 is 1.33 bits per heavy atom. The molecule has 3 nitrogen and oxygen atoms in total. The number of hydrogen-bond acceptors (Lipinski definition) is 2. The zero-order chi connectivity index (χ0) is 11.1. The molecule has 2 atom stereocenters. The topological polar surface area (TPSA) is 49.3 Å². The van der Waals surface area contributed by atoms with Gasteiger partial charge < -0.3 is 10.4 Å². The van der Waals surface area contributed by atoms with E-state index >= 15 is 0 Å². The Kier molecular flexibility index (Phi) is 2.75. The van der Waals surface area contributed by atoms with Gasteiger partial charge in [0.2, 0.25) is 0 Å². The monoisotopic (exact) mass is 211 g/mol. The van der Waals surface area contributed by atoms with Crippen molar-refractivity contribution in [1.29, 1.82) is 0 Å². The first-order valence-corrected chi connectivity index (χ1v) is 6.00. The Balaban J connectivity index is 2.18. The molecular weight excluding hydrogens is 190 g/mol.